The van der Waals surface area contributed by atoms with E-state index >= 15 is 0 Å². The SMILES string of the molecule is CC(C)(C)c1cc(-c2nccc3c2[se]c2c4cc[c]([Ge]([CH3])([CH3])[CH3])cc4ccc32)cc2ccccc12. The Morgan fingerprint density at radius 3 is 2.17 bits per heavy atom. The fourth-order valence-corrected chi connectivity index (χ4v) is 10.5. The van der Waals surface area contributed by atoms with Crippen LogP contribution in [0.15, 0.2) is 79.0 Å². The number of aromatic nitrogens is 1. The van der Waals surface area contributed by atoms with Gasteiger partial charge in [0.2, 0.25) is 0 Å². The third kappa shape index (κ3) is 3.87. The van der Waals surface area contributed by atoms with E-state index in [0.717, 1.165) is 5.69 Å². The molecule has 0 radical (unpaired) electrons. The van der Waals surface area contributed by atoms with Crippen molar-refractivity contribution < 1.29 is 0 Å². The van der Waals surface area contributed by atoms with Gasteiger partial charge in [0.1, 0.15) is 0 Å². The van der Waals surface area contributed by atoms with Crippen molar-refractivity contribution in [2.24, 2.45) is 0 Å². The molecule has 0 saturated heterocycles. The molecule has 0 aliphatic carbocycles. The third-order valence-electron chi connectivity index (χ3n) is 7.18. The Morgan fingerprint density at radius 1 is 0.686 bits per heavy atom. The van der Waals surface area contributed by atoms with Crippen LogP contribution in [0.5, 0.6) is 0 Å². The molecule has 35 heavy (non-hydrogen) atoms. The number of hydrogen-bond acceptors (Lipinski definition) is 1. The Morgan fingerprint density at radius 2 is 1.40 bits per heavy atom. The molecule has 0 atom stereocenters. The molecule has 174 valence electrons. The first-order valence-electron chi connectivity index (χ1n) is 12.4. The molecule has 0 N–H and O–H groups in total. The van der Waals surface area contributed by atoms with Gasteiger partial charge in [-0.05, 0) is 0 Å². The topological polar surface area (TPSA) is 12.9 Å². The first-order valence-corrected chi connectivity index (χ1v) is 21.4. The maximum absolute atomic E-state index is 4.98. The second-order valence-electron chi connectivity index (χ2n) is 11.8. The molecule has 0 unspecified atom stereocenters. The van der Waals surface area contributed by atoms with Crippen LogP contribution >= 0.6 is 0 Å². The second kappa shape index (κ2) is 8.06. The average Bonchev–Trinajstić information content (AvgIpc) is 3.21. The molecule has 6 rings (SSSR count). The van der Waals surface area contributed by atoms with Crippen molar-refractivity contribution in [3.63, 3.8) is 0 Å². The summed E-state index contributed by atoms with van der Waals surface area (Å²) in [5.41, 5.74) is 3.85. The Labute approximate surface area is 216 Å². The normalized spacial score (nSPS) is 12.9. The minimum atomic E-state index is -1.86. The summed E-state index contributed by atoms with van der Waals surface area (Å²) in [6, 6.07) is 27.7. The van der Waals surface area contributed by atoms with Crippen molar-refractivity contribution >= 4 is 73.0 Å². The van der Waals surface area contributed by atoms with Crippen LogP contribution in [-0.4, -0.2) is 32.8 Å². The Balaban J connectivity index is 1.64. The number of pyridine rings is 1. The molecule has 0 amide bonds. The average molecular weight is 581 g/mol. The second-order valence-corrected chi connectivity index (χ2v) is 24.6. The van der Waals surface area contributed by atoms with Gasteiger partial charge in [-0.15, -0.1) is 0 Å². The Kier molecular flexibility index (Phi) is 5.31. The van der Waals surface area contributed by atoms with Crippen LogP contribution in [0.4, 0.5) is 0 Å². The maximum atomic E-state index is 4.98. The van der Waals surface area contributed by atoms with Crippen LogP contribution in [-0.2, 0) is 5.41 Å². The summed E-state index contributed by atoms with van der Waals surface area (Å²) >= 11 is -1.64. The standard InChI is InChI=1S/C32H31GeNSe/c1-32(2,3)28-19-22(17-20-9-7-8-10-24(20)28)29-31-27(15-16-34-29)26-13-11-21-18-23(33(4,5)6)12-14-25(21)30(26)35-31/h7-19H,1-6H3. The molecule has 4 aromatic carbocycles. The van der Waals surface area contributed by atoms with Crippen molar-refractivity contribution in [1.82, 2.24) is 4.98 Å². The molecule has 0 aliphatic rings. The van der Waals surface area contributed by atoms with Gasteiger partial charge < -0.3 is 0 Å². The summed E-state index contributed by atoms with van der Waals surface area (Å²) in [4.78, 5) is 4.98. The Bertz CT molecular complexity index is 1760. The molecule has 0 spiro atoms. The van der Waals surface area contributed by atoms with Gasteiger partial charge in [-0.1, -0.05) is 0 Å². The van der Waals surface area contributed by atoms with Gasteiger partial charge in [0.15, 0.2) is 0 Å². The zero-order valence-corrected chi connectivity index (χ0v) is 25.2. The molecule has 2 aromatic heterocycles. The summed E-state index contributed by atoms with van der Waals surface area (Å²) in [5, 5.41) is 8.23. The summed E-state index contributed by atoms with van der Waals surface area (Å²) < 4.78 is 4.52. The predicted molar refractivity (Wildman–Crippen MR) is 158 cm³/mol. The summed E-state index contributed by atoms with van der Waals surface area (Å²) in [6.45, 7) is 6.93. The minimum absolute atomic E-state index is 0.0626. The first kappa shape index (κ1) is 23.0. The molecule has 0 fully saturated rings. The zero-order chi connectivity index (χ0) is 24.5. The molecule has 0 bridgehead atoms. The fourth-order valence-electron chi connectivity index (χ4n) is 5.23. The Hall–Kier alpha value is -2.39. The van der Waals surface area contributed by atoms with Gasteiger partial charge in [-0.2, -0.15) is 0 Å². The number of benzene rings is 4. The van der Waals surface area contributed by atoms with Crippen molar-refractivity contribution in [2.75, 3.05) is 0 Å². The summed E-state index contributed by atoms with van der Waals surface area (Å²) in [6.07, 6.45) is 2.01. The van der Waals surface area contributed by atoms with E-state index in [9.17, 15) is 0 Å². The van der Waals surface area contributed by atoms with E-state index in [1.165, 1.54) is 52.0 Å². The van der Waals surface area contributed by atoms with Crippen LogP contribution in [0.25, 0.3) is 52.1 Å². The molecule has 1 nitrogen and oxygen atoms in total. The molecular formula is C32H31GeNSe. The number of nitrogens with zero attached hydrogens (tertiary/aromatic N) is 1. The van der Waals surface area contributed by atoms with E-state index in [-0.39, 0.29) is 19.9 Å². The van der Waals surface area contributed by atoms with E-state index in [4.69, 9.17) is 4.98 Å². The van der Waals surface area contributed by atoms with E-state index in [0.29, 0.717) is 0 Å². The summed E-state index contributed by atoms with van der Waals surface area (Å²) in [5.74, 6) is 7.42. The molecular weight excluding hydrogens is 550 g/mol. The van der Waals surface area contributed by atoms with E-state index in [1.54, 1.807) is 4.40 Å². The number of rotatable bonds is 2. The molecule has 0 aliphatic heterocycles. The van der Waals surface area contributed by atoms with Gasteiger partial charge >= 0.3 is 217 Å². The third-order valence-corrected chi connectivity index (χ3v) is 14.1. The van der Waals surface area contributed by atoms with Gasteiger partial charge in [-0.3, -0.25) is 0 Å². The zero-order valence-electron chi connectivity index (χ0n) is 21.4. The van der Waals surface area contributed by atoms with E-state index in [1.807, 2.05) is 6.20 Å². The molecule has 6 aromatic rings. The van der Waals surface area contributed by atoms with Gasteiger partial charge in [0, 0.05) is 0 Å². The van der Waals surface area contributed by atoms with Crippen LogP contribution in [0.1, 0.15) is 26.3 Å². The predicted octanol–water partition coefficient (Wildman–Crippen LogP) is 8.26. The molecule has 0 saturated carbocycles. The first-order chi connectivity index (χ1) is 16.6. The van der Waals surface area contributed by atoms with Crippen LogP contribution in [0.3, 0.4) is 0 Å². The summed E-state index contributed by atoms with van der Waals surface area (Å²) in [7, 11) is 0. The van der Waals surface area contributed by atoms with Crippen molar-refractivity contribution in [2.45, 2.75) is 43.5 Å². The van der Waals surface area contributed by atoms with Gasteiger partial charge in [0.05, 0.1) is 0 Å². The van der Waals surface area contributed by atoms with Crippen LogP contribution in [0, 0.1) is 0 Å². The van der Waals surface area contributed by atoms with Crippen molar-refractivity contribution in [3.8, 4) is 11.3 Å². The molecule has 2 heterocycles. The number of fused-ring (bicyclic) bond motifs is 6. The van der Waals surface area contributed by atoms with Gasteiger partial charge in [-0.25, -0.2) is 0 Å². The van der Waals surface area contributed by atoms with Gasteiger partial charge in [0.25, 0.3) is 0 Å². The van der Waals surface area contributed by atoms with E-state index < -0.39 is 13.3 Å². The number of hydrogen-bond donors (Lipinski definition) is 0. The van der Waals surface area contributed by atoms with Crippen LogP contribution < -0.4 is 4.40 Å². The van der Waals surface area contributed by atoms with E-state index in [2.05, 4.69) is 111 Å². The quantitative estimate of drug-likeness (QED) is 0.188. The molecule has 3 heteroatoms. The monoisotopic (exact) mass is 583 g/mol. The van der Waals surface area contributed by atoms with Crippen molar-refractivity contribution in [1.29, 1.82) is 0 Å². The van der Waals surface area contributed by atoms with Crippen LogP contribution in [0.2, 0.25) is 17.3 Å². The van der Waals surface area contributed by atoms with Crippen molar-refractivity contribution in [3.05, 3.63) is 84.6 Å². The fraction of sp³-hybridized carbons (Fsp3) is 0.219.